The van der Waals surface area contributed by atoms with Gasteiger partial charge >= 0.3 is 5.97 Å². The van der Waals surface area contributed by atoms with Crippen LogP contribution in [0, 0.1) is 6.92 Å². The normalized spacial score (nSPS) is 11.5. The molecule has 0 aliphatic carbocycles. The lowest BCUT2D eigenvalue weighted by atomic mass is 10.1. The predicted octanol–water partition coefficient (Wildman–Crippen LogP) is 3.51. The number of amides is 2. The highest BCUT2D eigenvalue weighted by Crippen LogP contribution is 2.34. The predicted molar refractivity (Wildman–Crippen MR) is 102 cm³/mol. The molecule has 2 amide bonds. The molecule has 0 aliphatic rings. The zero-order chi connectivity index (χ0) is 19.3. The van der Waals surface area contributed by atoms with Crippen LogP contribution in [0.5, 0.6) is 0 Å². The van der Waals surface area contributed by atoms with Gasteiger partial charge in [-0.05, 0) is 25.0 Å². The van der Waals surface area contributed by atoms with Crippen LogP contribution in [-0.4, -0.2) is 30.8 Å². The van der Waals surface area contributed by atoms with Gasteiger partial charge in [-0.3, -0.25) is 9.59 Å². The molecule has 1 heterocycles. The van der Waals surface area contributed by atoms with E-state index in [0.717, 1.165) is 16.9 Å². The summed E-state index contributed by atoms with van der Waals surface area (Å²) in [5.74, 6) is -1.69. The van der Waals surface area contributed by atoms with Crippen molar-refractivity contribution in [2.75, 3.05) is 18.3 Å². The van der Waals surface area contributed by atoms with Gasteiger partial charge in [-0.15, -0.1) is 22.9 Å². The second-order valence-electron chi connectivity index (χ2n) is 5.54. The Bertz CT molecular complexity index is 820. The molecule has 1 aromatic heterocycles. The molecule has 2 rings (SSSR count). The molecular formula is C18H19ClN2O4S. The van der Waals surface area contributed by atoms with E-state index in [1.54, 1.807) is 6.92 Å². The maximum Gasteiger partial charge on any atom is 0.341 e. The molecule has 2 aromatic rings. The maximum atomic E-state index is 12.7. The fourth-order valence-electron chi connectivity index (χ4n) is 2.41. The van der Waals surface area contributed by atoms with Crippen molar-refractivity contribution in [1.29, 1.82) is 0 Å². The van der Waals surface area contributed by atoms with E-state index in [4.69, 9.17) is 16.3 Å². The summed E-state index contributed by atoms with van der Waals surface area (Å²) in [6, 6.07) is 9.30. The summed E-state index contributed by atoms with van der Waals surface area (Å²) in [5, 5.41) is 5.69. The molecule has 6 nitrogen and oxygen atoms in total. The van der Waals surface area contributed by atoms with Gasteiger partial charge in [0, 0.05) is 0 Å². The first-order chi connectivity index (χ1) is 12.4. The van der Waals surface area contributed by atoms with Gasteiger partial charge < -0.3 is 15.4 Å². The average Bonchev–Trinajstić information content (AvgIpc) is 2.97. The Morgan fingerprint density at radius 1 is 1.23 bits per heavy atom. The molecule has 138 valence electrons. The van der Waals surface area contributed by atoms with Crippen LogP contribution in [0.4, 0.5) is 5.00 Å². The third kappa shape index (κ3) is 4.42. The molecule has 1 aromatic carbocycles. The van der Waals surface area contributed by atoms with Crippen LogP contribution in [0.1, 0.15) is 44.1 Å². The van der Waals surface area contributed by atoms with Crippen molar-refractivity contribution < 1.29 is 19.1 Å². The lowest BCUT2D eigenvalue weighted by Gasteiger charge is -2.14. The van der Waals surface area contributed by atoms with Crippen LogP contribution in [0.2, 0.25) is 0 Å². The SMILES string of the molecule is COC(=O)c1c(NC(=O)CCl)sc(C(=O)NC(C)c2ccccc2)c1C. The standard InChI is InChI=1S/C18H19ClN2O4S/c1-10-14(18(24)25-3)17(21-13(22)9-19)26-15(10)16(23)20-11(2)12-7-5-4-6-8-12/h4-8,11H,9H2,1-3H3,(H,20,23)(H,21,22). The summed E-state index contributed by atoms with van der Waals surface area (Å²) in [6.07, 6.45) is 0. The maximum absolute atomic E-state index is 12.7. The van der Waals surface area contributed by atoms with Crippen LogP contribution in [0.25, 0.3) is 0 Å². The number of hydrogen-bond donors (Lipinski definition) is 2. The van der Waals surface area contributed by atoms with E-state index in [-0.39, 0.29) is 28.4 Å². The molecule has 0 aliphatic heterocycles. The summed E-state index contributed by atoms with van der Waals surface area (Å²) in [6.45, 7) is 3.51. The molecule has 0 bridgehead atoms. The number of nitrogens with one attached hydrogen (secondary N) is 2. The lowest BCUT2D eigenvalue weighted by molar-refractivity contribution is -0.113. The fourth-order valence-corrected chi connectivity index (χ4v) is 3.59. The smallest absolute Gasteiger partial charge is 0.341 e. The molecule has 0 spiro atoms. The van der Waals surface area contributed by atoms with E-state index in [2.05, 4.69) is 10.6 Å². The van der Waals surface area contributed by atoms with E-state index < -0.39 is 11.9 Å². The summed E-state index contributed by atoms with van der Waals surface area (Å²) >= 11 is 6.53. The van der Waals surface area contributed by atoms with Gasteiger partial charge in [0.05, 0.1) is 23.6 Å². The van der Waals surface area contributed by atoms with Crippen molar-refractivity contribution in [3.05, 3.63) is 51.9 Å². The van der Waals surface area contributed by atoms with Gasteiger partial charge in [0.15, 0.2) is 0 Å². The quantitative estimate of drug-likeness (QED) is 0.580. The monoisotopic (exact) mass is 394 g/mol. The zero-order valence-electron chi connectivity index (χ0n) is 14.6. The highest BCUT2D eigenvalue weighted by atomic mass is 35.5. The number of ether oxygens (including phenoxy) is 1. The van der Waals surface area contributed by atoms with Crippen LogP contribution in [-0.2, 0) is 9.53 Å². The number of esters is 1. The average molecular weight is 395 g/mol. The van der Waals surface area contributed by atoms with E-state index in [1.807, 2.05) is 37.3 Å². The molecule has 0 saturated carbocycles. The second kappa shape index (κ2) is 8.82. The Morgan fingerprint density at radius 2 is 1.88 bits per heavy atom. The zero-order valence-corrected chi connectivity index (χ0v) is 16.2. The van der Waals surface area contributed by atoms with Gasteiger partial charge in [0.25, 0.3) is 5.91 Å². The Hall–Kier alpha value is -2.38. The topological polar surface area (TPSA) is 84.5 Å². The number of carbonyl (C=O) groups is 3. The number of hydrogen-bond acceptors (Lipinski definition) is 5. The van der Waals surface area contributed by atoms with Crippen LogP contribution >= 0.6 is 22.9 Å². The molecule has 1 atom stereocenters. The van der Waals surface area contributed by atoms with Crippen molar-refractivity contribution in [2.24, 2.45) is 0 Å². The van der Waals surface area contributed by atoms with Crippen molar-refractivity contribution in [1.82, 2.24) is 5.32 Å². The van der Waals surface area contributed by atoms with Gasteiger partial charge in [0.1, 0.15) is 10.9 Å². The number of carbonyl (C=O) groups excluding carboxylic acids is 3. The Kier molecular flexibility index (Phi) is 6.76. The summed E-state index contributed by atoms with van der Waals surface area (Å²) in [5.41, 5.74) is 1.57. The Morgan fingerprint density at radius 3 is 2.46 bits per heavy atom. The minimum atomic E-state index is -0.626. The largest absolute Gasteiger partial charge is 0.465 e. The highest BCUT2D eigenvalue weighted by molar-refractivity contribution is 7.18. The summed E-state index contributed by atoms with van der Waals surface area (Å²) in [4.78, 5) is 36.7. The van der Waals surface area contributed by atoms with E-state index in [9.17, 15) is 14.4 Å². The molecule has 0 radical (unpaired) electrons. The van der Waals surface area contributed by atoms with E-state index >= 15 is 0 Å². The van der Waals surface area contributed by atoms with Crippen molar-refractivity contribution >= 4 is 45.7 Å². The minimum absolute atomic E-state index is 0.161. The first-order valence-electron chi connectivity index (χ1n) is 7.82. The Balaban J connectivity index is 2.31. The number of methoxy groups -OCH3 is 1. The number of anilines is 1. The van der Waals surface area contributed by atoms with E-state index in [1.165, 1.54) is 7.11 Å². The number of thiophene rings is 1. The molecule has 1 unspecified atom stereocenters. The van der Waals surface area contributed by atoms with E-state index in [0.29, 0.717) is 10.4 Å². The summed E-state index contributed by atoms with van der Waals surface area (Å²) < 4.78 is 4.77. The second-order valence-corrected chi connectivity index (χ2v) is 6.83. The number of halogens is 1. The van der Waals surface area contributed by atoms with Crippen molar-refractivity contribution in [2.45, 2.75) is 19.9 Å². The number of benzene rings is 1. The molecule has 0 fully saturated rings. The lowest BCUT2D eigenvalue weighted by Crippen LogP contribution is -2.26. The first kappa shape index (κ1) is 19.9. The van der Waals surface area contributed by atoms with Crippen molar-refractivity contribution in [3.8, 4) is 0 Å². The third-order valence-electron chi connectivity index (χ3n) is 3.76. The number of alkyl halides is 1. The van der Waals surface area contributed by atoms with Gasteiger partial charge in [-0.25, -0.2) is 4.79 Å². The molecule has 0 saturated heterocycles. The number of rotatable bonds is 6. The molecule has 8 heteroatoms. The van der Waals surface area contributed by atoms with Crippen LogP contribution in [0.15, 0.2) is 30.3 Å². The summed E-state index contributed by atoms with van der Waals surface area (Å²) in [7, 11) is 1.24. The molecular weight excluding hydrogens is 376 g/mol. The third-order valence-corrected chi connectivity index (χ3v) is 5.21. The highest BCUT2D eigenvalue weighted by Gasteiger charge is 2.26. The van der Waals surface area contributed by atoms with Crippen LogP contribution in [0.3, 0.4) is 0 Å². The van der Waals surface area contributed by atoms with Gasteiger partial charge in [0.2, 0.25) is 5.91 Å². The van der Waals surface area contributed by atoms with Crippen LogP contribution < -0.4 is 10.6 Å². The van der Waals surface area contributed by atoms with Gasteiger partial charge in [-0.1, -0.05) is 30.3 Å². The molecule has 26 heavy (non-hydrogen) atoms. The fraction of sp³-hybridized carbons (Fsp3) is 0.278. The first-order valence-corrected chi connectivity index (χ1v) is 9.17. The minimum Gasteiger partial charge on any atom is -0.465 e. The Labute approximate surface area is 160 Å². The molecule has 2 N–H and O–H groups in total. The van der Waals surface area contributed by atoms with Gasteiger partial charge in [-0.2, -0.15) is 0 Å². The van der Waals surface area contributed by atoms with Crippen molar-refractivity contribution in [3.63, 3.8) is 0 Å².